The molecule has 0 unspecified atom stereocenters. The van der Waals surface area contributed by atoms with Crippen LogP contribution in [0.5, 0.6) is 0 Å². The van der Waals surface area contributed by atoms with E-state index in [4.69, 9.17) is 9.47 Å². The Morgan fingerprint density at radius 2 is 1.50 bits per heavy atom. The minimum absolute atomic E-state index is 0.615. The van der Waals surface area contributed by atoms with Gasteiger partial charge in [0.1, 0.15) is 5.69 Å². The highest BCUT2D eigenvalue weighted by atomic mass is 16.5. The minimum atomic E-state index is 0.615. The van der Waals surface area contributed by atoms with Gasteiger partial charge in [-0.05, 0) is 12.1 Å². The van der Waals surface area contributed by atoms with Crippen LogP contribution in [0, 0.1) is 5.39 Å². The number of nitrogens with zero attached hydrogens (tertiary/aromatic N) is 4. The molecule has 3 rings (SSSR count). The Labute approximate surface area is 118 Å². The number of morpholine rings is 2. The van der Waals surface area contributed by atoms with Crippen LogP contribution in [-0.4, -0.2) is 52.6 Å². The van der Waals surface area contributed by atoms with Crippen LogP contribution in [0.4, 0.5) is 17.1 Å². The summed E-state index contributed by atoms with van der Waals surface area (Å²) in [5, 5.41) is 9.18. The first-order chi connectivity index (χ1) is 9.88. The zero-order valence-corrected chi connectivity index (χ0v) is 11.5. The van der Waals surface area contributed by atoms with Gasteiger partial charge in [-0.1, -0.05) is 0 Å². The maximum atomic E-state index is 9.18. The Morgan fingerprint density at radius 1 is 0.900 bits per heavy atom. The molecule has 0 aromatic heterocycles. The van der Waals surface area contributed by atoms with Crippen molar-refractivity contribution in [2.45, 2.75) is 0 Å². The average molecular weight is 275 g/mol. The number of ether oxygens (including phenoxy) is 2. The maximum Gasteiger partial charge on any atom is 0.408 e. The summed E-state index contributed by atoms with van der Waals surface area (Å²) in [6.07, 6.45) is 0. The van der Waals surface area contributed by atoms with Crippen molar-refractivity contribution in [3.8, 4) is 0 Å². The van der Waals surface area contributed by atoms with Crippen molar-refractivity contribution in [1.29, 1.82) is 5.39 Å². The summed E-state index contributed by atoms with van der Waals surface area (Å²) >= 11 is 0. The third-order valence-corrected chi connectivity index (χ3v) is 3.79. The van der Waals surface area contributed by atoms with Crippen molar-refractivity contribution >= 4 is 17.1 Å². The Balaban J connectivity index is 1.87. The summed E-state index contributed by atoms with van der Waals surface area (Å²) < 4.78 is 10.8. The quantitative estimate of drug-likeness (QED) is 0.771. The third-order valence-electron chi connectivity index (χ3n) is 3.79. The fourth-order valence-corrected chi connectivity index (χ4v) is 2.67. The van der Waals surface area contributed by atoms with Gasteiger partial charge in [0.15, 0.2) is 4.98 Å². The van der Waals surface area contributed by atoms with Gasteiger partial charge in [-0.25, -0.2) is 0 Å². The van der Waals surface area contributed by atoms with E-state index in [0.29, 0.717) is 18.9 Å². The van der Waals surface area contributed by atoms with Gasteiger partial charge in [0, 0.05) is 37.9 Å². The van der Waals surface area contributed by atoms with E-state index in [9.17, 15) is 5.39 Å². The summed E-state index contributed by atoms with van der Waals surface area (Å²) in [4.78, 5) is 7.92. The van der Waals surface area contributed by atoms with E-state index in [1.807, 2.05) is 12.1 Å². The van der Waals surface area contributed by atoms with Gasteiger partial charge in [0.25, 0.3) is 0 Å². The smallest absolute Gasteiger partial charge is 0.378 e. The SMILES string of the molecule is N#[N+]c1ccc(N2CCOCC2)cc1N1CCOCC1. The number of rotatable bonds is 2. The van der Waals surface area contributed by atoms with Gasteiger partial charge in [-0.2, -0.15) is 0 Å². The normalized spacial score (nSPS) is 19.8. The molecule has 20 heavy (non-hydrogen) atoms. The van der Waals surface area contributed by atoms with E-state index in [1.165, 1.54) is 0 Å². The molecule has 1 aromatic rings. The molecule has 6 nitrogen and oxygen atoms in total. The molecule has 0 radical (unpaired) electrons. The van der Waals surface area contributed by atoms with E-state index in [1.54, 1.807) is 0 Å². The van der Waals surface area contributed by atoms with Gasteiger partial charge < -0.3 is 19.3 Å². The van der Waals surface area contributed by atoms with Crippen molar-refractivity contribution in [1.82, 2.24) is 0 Å². The largest absolute Gasteiger partial charge is 0.408 e. The molecule has 2 saturated heterocycles. The highest BCUT2D eigenvalue weighted by Crippen LogP contribution is 2.33. The first-order valence-corrected chi connectivity index (χ1v) is 7.03. The van der Waals surface area contributed by atoms with Crippen LogP contribution in [0.25, 0.3) is 4.98 Å². The van der Waals surface area contributed by atoms with Gasteiger partial charge in [-0.3, -0.25) is 0 Å². The molecule has 0 amide bonds. The Bertz CT molecular complexity index is 502. The van der Waals surface area contributed by atoms with Crippen molar-refractivity contribution in [2.75, 3.05) is 62.4 Å². The number of diazo groups is 1. The first-order valence-electron chi connectivity index (χ1n) is 7.03. The van der Waals surface area contributed by atoms with E-state index < -0.39 is 0 Å². The topological polar surface area (TPSA) is 53.1 Å². The predicted molar refractivity (Wildman–Crippen MR) is 77.3 cm³/mol. The Kier molecular flexibility index (Phi) is 4.00. The van der Waals surface area contributed by atoms with E-state index in [2.05, 4.69) is 20.8 Å². The monoisotopic (exact) mass is 275 g/mol. The second kappa shape index (κ2) is 6.07. The first kappa shape index (κ1) is 13.2. The molecule has 0 atom stereocenters. The highest BCUT2D eigenvalue weighted by Gasteiger charge is 2.23. The van der Waals surface area contributed by atoms with Gasteiger partial charge in [0.05, 0.1) is 26.4 Å². The van der Waals surface area contributed by atoms with Crippen LogP contribution in [0.15, 0.2) is 18.2 Å². The molecule has 106 valence electrons. The molecule has 1 aromatic carbocycles. The molecular weight excluding hydrogens is 256 g/mol. The number of hydrogen-bond donors (Lipinski definition) is 0. The molecule has 0 aliphatic carbocycles. The van der Waals surface area contributed by atoms with Crippen molar-refractivity contribution in [3.05, 3.63) is 23.2 Å². The van der Waals surface area contributed by atoms with Crippen LogP contribution in [-0.2, 0) is 9.47 Å². The number of anilines is 2. The molecule has 2 aliphatic rings. The van der Waals surface area contributed by atoms with E-state index in [-0.39, 0.29) is 0 Å². The molecule has 0 spiro atoms. The fraction of sp³-hybridized carbons (Fsp3) is 0.571. The second-order valence-electron chi connectivity index (χ2n) is 4.97. The molecule has 0 saturated carbocycles. The lowest BCUT2D eigenvalue weighted by atomic mass is 10.2. The highest BCUT2D eigenvalue weighted by molar-refractivity contribution is 5.75. The van der Waals surface area contributed by atoms with Crippen molar-refractivity contribution in [3.63, 3.8) is 0 Å². The summed E-state index contributed by atoms with van der Waals surface area (Å²) in [5.41, 5.74) is 2.74. The lowest BCUT2D eigenvalue weighted by Gasteiger charge is -2.31. The van der Waals surface area contributed by atoms with E-state index in [0.717, 1.165) is 50.8 Å². The van der Waals surface area contributed by atoms with Crippen LogP contribution >= 0.6 is 0 Å². The number of hydrogen-bond acceptors (Lipinski definition) is 5. The Morgan fingerprint density at radius 3 is 2.10 bits per heavy atom. The third kappa shape index (κ3) is 2.69. The van der Waals surface area contributed by atoms with Gasteiger partial charge in [-0.15, -0.1) is 0 Å². The summed E-state index contributed by atoms with van der Waals surface area (Å²) in [6.45, 7) is 6.41. The molecule has 2 fully saturated rings. The van der Waals surface area contributed by atoms with Crippen LogP contribution in [0.1, 0.15) is 0 Å². The molecule has 6 heteroatoms. The summed E-state index contributed by atoms with van der Waals surface area (Å²) in [7, 11) is 0. The summed E-state index contributed by atoms with van der Waals surface area (Å²) in [5.74, 6) is 0. The minimum Gasteiger partial charge on any atom is -0.378 e. The zero-order chi connectivity index (χ0) is 13.8. The summed E-state index contributed by atoms with van der Waals surface area (Å²) in [6, 6.07) is 5.98. The lowest BCUT2D eigenvalue weighted by molar-refractivity contribution is 0.122. The molecule has 2 heterocycles. The molecule has 2 aliphatic heterocycles. The van der Waals surface area contributed by atoms with E-state index >= 15 is 0 Å². The molecule has 0 bridgehead atoms. The van der Waals surface area contributed by atoms with Crippen molar-refractivity contribution in [2.24, 2.45) is 0 Å². The number of benzene rings is 1. The second-order valence-corrected chi connectivity index (χ2v) is 4.97. The van der Waals surface area contributed by atoms with Crippen LogP contribution in [0.2, 0.25) is 0 Å². The Hall–Kier alpha value is -1.84. The molecule has 0 N–H and O–H groups in total. The maximum absolute atomic E-state index is 9.18. The van der Waals surface area contributed by atoms with Crippen molar-refractivity contribution < 1.29 is 9.47 Å². The fourth-order valence-electron chi connectivity index (χ4n) is 2.67. The van der Waals surface area contributed by atoms with Gasteiger partial charge in [0.2, 0.25) is 5.39 Å². The zero-order valence-electron chi connectivity index (χ0n) is 11.5. The van der Waals surface area contributed by atoms with Crippen LogP contribution in [0.3, 0.4) is 0 Å². The van der Waals surface area contributed by atoms with Crippen LogP contribution < -0.4 is 9.80 Å². The standard InChI is InChI=1S/C14H19N4O2/c15-16-13-2-1-12(17-3-7-19-8-4-17)11-14(13)18-5-9-20-10-6-18/h1-2,11H,3-10H2/q+1. The average Bonchev–Trinajstić information content (AvgIpc) is 2.56. The van der Waals surface area contributed by atoms with Gasteiger partial charge >= 0.3 is 5.69 Å². The molecular formula is C14H19N4O2+. The predicted octanol–water partition coefficient (Wildman–Crippen LogP) is 1.84. The lowest BCUT2D eigenvalue weighted by Crippen LogP contribution is -2.37.